The molecule has 2 nitrogen and oxygen atoms in total. The summed E-state index contributed by atoms with van der Waals surface area (Å²) < 4.78 is 0. The smallest absolute Gasteiger partial charge is 0.0823 e. The summed E-state index contributed by atoms with van der Waals surface area (Å²) in [5.74, 6) is 0. The number of anilines is 1. The van der Waals surface area contributed by atoms with Crippen LogP contribution in [0.3, 0.4) is 0 Å². The Hall–Kier alpha value is -1.02. The fourth-order valence-corrected chi connectivity index (χ4v) is 4.44. The molecule has 19 heavy (non-hydrogen) atoms. The van der Waals surface area contributed by atoms with Crippen molar-refractivity contribution < 1.29 is 0 Å². The number of hydrogen-bond donors (Lipinski definition) is 0. The van der Waals surface area contributed by atoms with Crippen molar-refractivity contribution in [3.8, 4) is 0 Å². The molecule has 0 spiro atoms. The Labute approximate surface area is 116 Å². The first-order chi connectivity index (χ1) is 9.43. The summed E-state index contributed by atoms with van der Waals surface area (Å²) in [6.45, 7) is 2.56. The van der Waals surface area contributed by atoms with Crippen LogP contribution in [0.4, 0.5) is 5.69 Å². The van der Waals surface area contributed by atoms with E-state index in [-0.39, 0.29) is 0 Å². The van der Waals surface area contributed by atoms with E-state index in [1.807, 2.05) is 0 Å². The van der Waals surface area contributed by atoms with Crippen LogP contribution < -0.4 is 4.90 Å². The molecular formula is C17H24N2. The van der Waals surface area contributed by atoms with Crippen LogP contribution in [0.1, 0.15) is 44.1 Å². The molecule has 3 aliphatic rings. The summed E-state index contributed by atoms with van der Waals surface area (Å²) in [5, 5.41) is 0. The van der Waals surface area contributed by atoms with Gasteiger partial charge in [-0.3, -0.25) is 4.90 Å². The molecule has 2 heteroatoms. The SMILES string of the molecule is c1ccc2c(c1)CCN2C1CCCN1C1CCCC1. The van der Waals surface area contributed by atoms with Gasteiger partial charge in [-0.05, 0) is 43.7 Å². The van der Waals surface area contributed by atoms with Crippen molar-refractivity contribution >= 4 is 5.69 Å². The van der Waals surface area contributed by atoms with Gasteiger partial charge in [0, 0.05) is 24.8 Å². The molecule has 2 fully saturated rings. The summed E-state index contributed by atoms with van der Waals surface area (Å²) in [4.78, 5) is 5.52. The Bertz CT molecular complexity index is 450. The fraction of sp³-hybridized carbons (Fsp3) is 0.647. The van der Waals surface area contributed by atoms with Crippen LogP contribution in [0.2, 0.25) is 0 Å². The lowest BCUT2D eigenvalue weighted by atomic mass is 10.1. The minimum absolute atomic E-state index is 0.687. The van der Waals surface area contributed by atoms with Crippen LogP contribution in [0.5, 0.6) is 0 Å². The number of nitrogens with zero attached hydrogens (tertiary/aromatic N) is 2. The summed E-state index contributed by atoms with van der Waals surface area (Å²) >= 11 is 0. The lowest BCUT2D eigenvalue weighted by Gasteiger charge is -2.37. The molecule has 102 valence electrons. The van der Waals surface area contributed by atoms with Crippen molar-refractivity contribution in [1.29, 1.82) is 0 Å². The Morgan fingerprint density at radius 2 is 1.74 bits per heavy atom. The average molecular weight is 256 g/mol. The van der Waals surface area contributed by atoms with Gasteiger partial charge in [0.2, 0.25) is 0 Å². The normalized spacial score (nSPS) is 28.2. The third-order valence-electron chi connectivity index (χ3n) is 5.34. The Balaban J connectivity index is 1.58. The summed E-state index contributed by atoms with van der Waals surface area (Å²) in [5.41, 5.74) is 3.07. The first-order valence-corrected chi connectivity index (χ1v) is 8.04. The third-order valence-corrected chi connectivity index (χ3v) is 5.34. The number of hydrogen-bond acceptors (Lipinski definition) is 2. The third kappa shape index (κ3) is 1.97. The molecule has 1 unspecified atom stereocenters. The van der Waals surface area contributed by atoms with Crippen molar-refractivity contribution in [3.05, 3.63) is 29.8 Å². The molecule has 2 aliphatic heterocycles. The van der Waals surface area contributed by atoms with Crippen LogP contribution in [-0.4, -0.2) is 30.2 Å². The van der Waals surface area contributed by atoms with Crippen LogP contribution in [0.25, 0.3) is 0 Å². The van der Waals surface area contributed by atoms with Gasteiger partial charge in [-0.25, -0.2) is 0 Å². The van der Waals surface area contributed by atoms with Crippen molar-refractivity contribution in [2.75, 3.05) is 18.0 Å². The molecule has 0 radical (unpaired) electrons. The number of rotatable bonds is 2. The molecule has 0 bridgehead atoms. The molecular weight excluding hydrogens is 232 g/mol. The van der Waals surface area contributed by atoms with Gasteiger partial charge in [-0.1, -0.05) is 31.0 Å². The maximum absolute atomic E-state index is 2.83. The second-order valence-electron chi connectivity index (χ2n) is 6.37. The van der Waals surface area contributed by atoms with E-state index < -0.39 is 0 Å². The van der Waals surface area contributed by atoms with Gasteiger partial charge >= 0.3 is 0 Å². The molecule has 1 aromatic carbocycles. The van der Waals surface area contributed by atoms with E-state index in [0.717, 1.165) is 6.04 Å². The molecule has 1 aromatic rings. The second kappa shape index (κ2) is 4.82. The topological polar surface area (TPSA) is 6.48 Å². The number of benzene rings is 1. The Morgan fingerprint density at radius 3 is 2.63 bits per heavy atom. The van der Waals surface area contributed by atoms with Gasteiger partial charge in [-0.15, -0.1) is 0 Å². The van der Waals surface area contributed by atoms with Gasteiger partial charge in [0.1, 0.15) is 0 Å². The second-order valence-corrected chi connectivity index (χ2v) is 6.37. The minimum atomic E-state index is 0.687. The number of para-hydroxylation sites is 1. The first-order valence-electron chi connectivity index (χ1n) is 8.04. The molecule has 1 atom stereocenters. The largest absolute Gasteiger partial charge is 0.355 e. The van der Waals surface area contributed by atoms with Crippen molar-refractivity contribution in [3.63, 3.8) is 0 Å². The molecule has 4 rings (SSSR count). The molecule has 0 amide bonds. The van der Waals surface area contributed by atoms with Gasteiger partial charge in [0.15, 0.2) is 0 Å². The lowest BCUT2D eigenvalue weighted by molar-refractivity contribution is 0.178. The summed E-state index contributed by atoms with van der Waals surface area (Å²) in [7, 11) is 0. The van der Waals surface area contributed by atoms with E-state index in [1.54, 1.807) is 5.56 Å². The molecule has 1 saturated heterocycles. The highest BCUT2D eigenvalue weighted by atomic mass is 15.4. The highest BCUT2D eigenvalue weighted by molar-refractivity contribution is 5.58. The maximum Gasteiger partial charge on any atom is 0.0823 e. The molecule has 1 saturated carbocycles. The predicted molar refractivity (Wildman–Crippen MR) is 79.5 cm³/mol. The van der Waals surface area contributed by atoms with Crippen LogP contribution in [0.15, 0.2) is 24.3 Å². The molecule has 0 aromatic heterocycles. The zero-order valence-corrected chi connectivity index (χ0v) is 11.7. The van der Waals surface area contributed by atoms with E-state index in [2.05, 4.69) is 34.1 Å². The van der Waals surface area contributed by atoms with Gasteiger partial charge in [-0.2, -0.15) is 0 Å². The molecule has 2 heterocycles. The number of likely N-dealkylation sites (tertiary alicyclic amines) is 1. The Kier molecular flexibility index (Phi) is 2.99. The van der Waals surface area contributed by atoms with Gasteiger partial charge in [0.05, 0.1) is 6.17 Å². The standard InChI is InChI=1S/C17H24N2/c1-4-9-16-14(6-1)11-13-19(16)17-10-5-12-18(17)15-7-2-3-8-15/h1,4,6,9,15,17H,2-3,5,7-8,10-13H2. The fourth-order valence-electron chi connectivity index (χ4n) is 4.44. The van der Waals surface area contributed by atoms with Crippen LogP contribution in [0, 0.1) is 0 Å². The van der Waals surface area contributed by atoms with Crippen molar-refractivity contribution in [2.24, 2.45) is 0 Å². The van der Waals surface area contributed by atoms with Crippen LogP contribution in [-0.2, 0) is 6.42 Å². The first kappa shape index (κ1) is 11.8. The van der Waals surface area contributed by atoms with E-state index in [1.165, 1.54) is 63.7 Å². The van der Waals surface area contributed by atoms with Gasteiger partial charge in [0.25, 0.3) is 0 Å². The zero-order chi connectivity index (χ0) is 12.7. The zero-order valence-electron chi connectivity index (χ0n) is 11.7. The van der Waals surface area contributed by atoms with E-state index in [0.29, 0.717) is 6.17 Å². The van der Waals surface area contributed by atoms with E-state index in [4.69, 9.17) is 0 Å². The van der Waals surface area contributed by atoms with E-state index in [9.17, 15) is 0 Å². The molecule has 1 aliphatic carbocycles. The average Bonchev–Trinajstić information content (AvgIpc) is 3.17. The van der Waals surface area contributed by atoms with Crippen molar-refractivity contribution in [2.45, 2.75) is 57.2 Å². The van der Waals surface area contributed by atoms with E-state index >= 15 is 0 Å². The lowest BCUT2D eigenvalue weighted by Crippen LogP contribution is -2.48. The van der Waals surface area contributed by atoms with Gasteiger partial charge < -0.3 is 4.90 Å². The Morgan fingerprint density at radius 1 is 0.895 bits per heavy atom. The maximum atomic E-state index is 2.83. The number of fused-ring (bicyclic) bond motifs is 1. The van der Waals surface area contributed by atoms with Crippen molar-refractivity contribution in [1.82, 2.24) is 4.90 Å². The quantitative estimate of drug-likeness (QED) is 0.800. The summed E-state index contributed by atoms with van der Waals surface area (Å²) in [6, 6.07) is 9.90. The molecule has 0 N–H and O–H groups in total. The minimum Gasteiger partial charge on any atom is -0.355 e. The highest BCUT2D eigenvalue weighted by Gasteiger charge is 2.37. The predicted octanol–water partition coefficient (Wildman–Crippen LogP) is 3.41. The summed E-state index contributed by atoms with van der Waals surface area (Å²) in [6.07, 6.45) is 10.5. The monoisotopic (exact) mass is 256 g/mol. The highest BCUT2D eigenvalue weighted by Crippen LogP contribution is 2.37. The van der Waals surface area contributed by atoms with Crippen LogP contribution >= 0.6 is 0 Å².